The van der Waals surface area contributed by atoms with Crippen LogP contribution in [0.2, 0.25) is 5.02 Å². The normalized spacial score (nSPS) is 12.2. The minimum atomic E-state index is -0.536. The molecule has 0 aliphatic rings. The van der Waals surface area contributed by atoms with E-state index in [1.165, 1.54) is 7.11 Å². The van der Waals surface area contributed by atoms with Crippen LogP contribution in [-0.4, -0.2) is 13.0 Å². The van der Waals surface area contributed by atoms with Gasteiger partial charge in [-0.3, -0.25) is 4.79 Å². The third kappa shape index (κ3) is 2.84. The first-order chi connectivity index (χ1) is 7.06. The molecule has 0 aromatic heterocycles. The number of halogens is 1. The fraction of sp³-hybridized carbons (Fsp3) is 0.300. The molecule has 1 unspecified atom stereocenters. The Kier molecular flexibility index (Phi) is 3.94. The van der Waals surface area contributed by atoms with Gasteiger partial charge < -0.3 is 16.2 Å². The number of hydrogen-bond acceptors (Lipinski definition) is 3. The number of carbonyl (C=O) groups excluding carboxylic acids is 1. The van der Waals surface area contributed by atoms with Crippen molar-refractivity contribution in [2.24, 2.45) is 11.5 Å². The van der Waals surface area contributed by atoms with E-state index < -0.39 is 11.9 Å². The maximum Gasteiger partial charge on any atom is 0.219 e. The van der Waals surface area contributed by atoms with Gasteiger partial charge in [-0.15, -0.1) is 0 Å². The number of carbonyl (C=O) groups is 1. The van der Waals surface area contributed by atoms with Crippen molar-refractivity contribution < 1.29 is 9.53 Å². The van der Waals surface area contributed by atoms with Gasteiger partial charge in [0.15, 0.2) is 0 Å². The minimum absolute atomic E-state index is 0.0418. The van der Waals surface area contributed by atoms with Crippen LogP contribution in [0.25, 0.3) is 0 Å². The Labute approximate surface area is 93.1 Å². The highest BCUT2D eigenvalue weighted by Crippen LogP contribution is 2.32. The average molecular weight is 229 g/mol. The first-order valence-corrected chi connectivity index (χ1v) is 4.80. The number of amides is 1. The van der Waals surface area contributed by atoms with Crippen LogP contribution in [0.5, 0.6) is 5.75 Å². The molecule has 0 spiro atoms. The lowest BCUT2D eigenvalue weighted by Crippen LogP contribution is -2.21. The molecule has 0 saturated carbocycles. The van der Waals surface area contributed by atoms with Crippen LogP contribution in [0, 0.1) is 0 Å². The van der Waals surface area contributed by atoms with E-state index in [-0.39, 0.29) is 6.42 Å². The molecule has 0 fully saturated rings. The molecule has 0 bridgehead atoms. The quantitative estimate of drug-likeness (QED) is 0.814. The highest BCUT2D eigenvalue weighted by Gasteiger charge is 2.17. The third-order valence-electron chi connectivity index (χ3n) is 2.02. The Balaban J connectivity index is 3.05. The van der Waals surface area contributed by atoms with Crippen molar-refractivity contribution in [3.8, 4) is 5.75 Å². The second-order valence-corrected chi connectivity index (χ2v) is 3.54. The number of ether oxygens (including phenoxy) is 1. The summed E-state index contributed by atoms with van der Waals surface area (Å²) in [5.41, 5.74) is 11.5. The molecule has 1 aromatic rings. The molecule has 1 rings (SSSR count). The average Bonchev–Trinajstić information content (AvgIpc) is 2.15. The lowest BCUT2D eigenvalue weighted by molar-refractivity contribution is -0.118. The first kappa shape index (κ1) is 11.8. The highest BCUT2D eigenvalue weighted by atomic mass is 35.5. The molecule has 0 heterocycles. The zero-order valence-corrected chi connectivity index (χ0v) is 9.12. The maximum atomic E-state index is 10.8. The van der Waals surface area contributed by atoms with E-state index in [0.717, 1.165) is 0 Å². The monoisotopic (exact) mass is 228 g/mol. The largest absolute Gasteiger partial charge is 0.496 e. The Morgan fingerprint density at radius 1 is 1.60 bits per heavy atom. The van der Waals surface area contributed by atoms with E-state index >= 15 is 0 Å². The summed E-state index contributed by atoms with van der Waals surface area (Å²) in [6.45, 7) is 0. The molecule has 82 valence electrons. The number of hydrogen-bond donors (Lipinski definition) is 2. The van der Waals surface area contributed by atoms with Crippen LogP contribution in [0.3, 0.4) is 0 Å². The Morgan fingerprint density at radius 2 is 2.27 bits per heavy atom. The molecule has 4 nitrogen and oxygen atoms in total. The van der Waals surface area contributed by atoms with Gasteiger partial charge in [-0.05, 0) is 12.1 Å². The first-order valence-electron chi connectivity index (χ1n) is 4.42. The van der Waals surface area contributed by atoms with Crippen LogP contribution < -0.4 is 16.2 Å². The SMILES string of the molecule is COc1cccc(Cl)c1C(N)CC(N)=O. The van der Waals surface area contributed by atoms with Crippen molar-refractivity contribution in [2.75, 3.05) is 7.11 Å². The van der Waals surface area contributed by atoms with Crippen LogP contribution in [-0.2, 0) is 4.79 Å². The Hall–Kier alpha value is -1.26. The second-order valence-electron chi connectivity index (χ2n) is 3.13. The summed E-state index contributed by atoms with van der Waals surface area (Å²) >= 11 is 5.97. The number of methoxy groups -OCH3 is 1. The van der Waals surface area contributed by atoms with Crippen LogP contribution >= 0.6 is 11.6 Å². The predicted molar refractivity (Wildman–Crippen MR) is 58.7 cm³/mol. The zero-order valence-electron chi connectivity index (χ0n) is 8.37. The molecule has 1 amide bonds. The predicted octanol–water partition coefficient (Wildman–Crippen LogP) is 1.22. The van der Waals surface area contributed by atoms with Crippen molar-refractivity contribution >= 4 is 17.5 Å². The molecule has 0 radical (unpaired) electrons. The Morgan fingerprint density at radius 3 is 2.80 bits per heavy atom. The van der Waals surface area contributed by atoms with Crippen LogP contribution in [0.4, 0.5) is 0 Å². The number of benzene rings is 1. The fourth-order valence-corrected chi connectivity index (χ4v) is 1.68. The van der Waals surface area contributed by atoms with Gasteiger partial charge in [0.2, 0.25) is 5.91 Å². The number of nitrogens with two attached hydrogens (primary N) is 2. The molecule has 5 heteroatoms. The third-order valence-corrected chi connectivity index (χ3v) is 2.35. The summed E-state index contributed by atoms with van der Waals surface area (Å²) in [4.78, 5) is 10.8. The summed E-state index contributed by atoms with van der Waals surface area (Å²) in [7, 11) is 1.52. The van der Waals surface area contributed by atoms with Gasteiger partial charge in [0.25, 0.3) is 0 Å². The van der Waals surface area contributed by atoms with E-state index in [4.69, 9.17) is 27.8 Å². The van der Waals surface area contributed by atoms with E-state index in [1.54, 1.807) is 18.2 Å². The molecule has 0 aliphatic heterocycles. The lowest BCUT2D eigenvalue weighted by atomic mass is 10.0. The summed E-state index contributed by atoms with van der Waals surface area (Å²) < 4.78 is 5.11. The number of primary amides is 1. The highest BCUT2D eigenvalue weighted by molar-refractivity contribution is 6.31. The van der Waals surface area contributed by atoms with Crippen molar-refractivity contribution in [1.29, 1.82) is 0 Å². The second kappa shape index (κ2) is 5.00. The van der Waals surface area contributed by atoms with E-state index in [9.17, 15) is 4.79 Å². The summed E-state index contributed by atoms with van der Waals surface area (Å²) in [6, 6.07) is 4.65. The summed E-state index contributed by atoms with van der Waals surface area (Å²) in [5.74, 6) is 0.0979. The molecule has 1 atom stereocenters. The van der Waals surface area contributed by atoms with Gasteiger partial charge in [-0.1, -0.05) is 17.7 Å². The zero-order chi connectivity index (χ0) is 11.4. The van der Waals surface area contributed by atoms with E-state index in [0.29, 0.717) is 16.3 Å². The van der Waals surface area contributed by atoms with E-state index in [1.807, 2.05) is 0 Å². The minimum Gasteiger partial charge on any atom is -0.496 e. The number of rotatable bonds is 4. The van der Waals surface area contributed by atoms with Crippen molar-refractivity contribution in [2.45, 2.75) is 12.5 Å². The van der Waals surface area contributed by atoms with Crippen molar-refractivity contribution in [3.05, 3.63) is 28.8 Å². The van der Waals surface area contributed by atoms with Gasteiger partial charge in [0.05, 0.1) is 7.11 Å². The Bertz CT molecular complexity index is 368. The fourth-order valence-electron chi connectivity index (χ4n) is 1.37. The van der Waals surface area contributed by atoms with Crippen molar-refractivity contribution in [1.82, 2.24) is 0 Å². The van der Waals surface area contributed by atoms with Crippen molar-refractivity contribution in [3.63, 3.8) is 0 Å². The maximum absolute atomic E-state index is 10.8. The van der Waals surface area contributed by atoms with E-state index in [2.05, 4.69) is 0 Å². The van der Waals surface area contributed by atoms with Gasteiger partial charge in [0.1, 0.15) is 5.75 Å². The topological polar surface area (TPSA) is 78.3 Å². The van der Waals surface area contributed by atoms with Gasteiger partial charge in [-0.2, -0.15) is 0 Å². The standard InChI is InChI=1S/C10H13ClN2O2/c1-15-8-4-2-3-6(11)10(8)7(12)5-9(13)14/h2-4,7H,5,12H2,1H3,(H2,13,14). The molecule has 0 saturated heterocycles. The van der Waals surface area contributed by atoms with Gasteiger partial charge in [-0.25, -0.2) is 0 Å². The molecular weight excluding hydrogens is 216 g/mol. The summed E-state index contributed by atoms with van der Waals surface area (Å²) in [5, 5.41) is 0.475. The molecule has 15 heavy (non-hydrogen) atoms. The smallest absolute Gasteiger partial charge is 0.219 e. The molecule has 4 N–H and O–H groups in total. The van der Waals surface area contributed by atoms with Crippen LogP contribution in [0.1, 0.15) is 18.0 Å². The molecule has 1 aromatic carbocycles. The lowest BCUT2D eigenvalue weighted by Gasteiger charge is -2.15. The van der Waals surface area contributed by atoms with Gasteiger partial charge in [0, 0.05) is 23.0 Å². The molecular formula is C10H13ClN2O2. The summed E-state index contributed by atoms with van der Waals surface area (Å²) in [6.07, 6.45) is 0.0418. The molecule has 0 aliphatic carbocycles. The van der Waals surface area contributed by atoms with Crippen LogP contribution in [0.15, 0.2) is 18.2 Å². The van der Waals surface area contributed by atoms with Gasteiger partial charge >= 0.3 is 0 Å².